The molecule has 0 aliphatic heterocycles. The quantitative estimate of drug-likeness (QED) is 0.0800. The Morgan fingerprint density at radius 1 is 0.533 bits per heavy atom. The third-order valence-corrected chi connectivity index (χ3v) is 5.73. The lowest BCUT2D eigenvalue weighted by Gasteiger charge is -2.07. The molecule has 0 aromatic rings. The zero-order valence-corrected chi connectivity index (χ0v) is 19.9. The number of unbranched alkanes of at least 4 members (excludes halogenated alkanes) is 20. The van der Waals surface area contributed by atoms with Crippen molar-refractivity contribution in [3.8, 4) is 0 Å². The van der Waals surface area contributed by atoms with Crippen molar-refractivity contribution >= 4 is 6.09 Å². The SMILES string of the molecule is CCCCCCCCCCCCCCCCCCCCCCCNNNNC(=O)O. The lowest BCUT2D eigenvalue weighted by Crippen LogP contribution is -2.52. The van der Waals surface area contributed by atoms with E-state index in [0.29, 0.717) is 0 Å². The molecule has 0 radical (unpaired) electrons. The number of hydrogen-bond donors (Lipinski definition) is 5. The van der Waals surface area contributed by atoms with Crippen LogP contribution in [0.3, 0.4) is 0 Å². The van der Waals surface area contributed by atoms with E-state index in [1.54, 1.807) is 0 Å². The first-order valence-corrected chi connectivity index (χ1v) is 13.0. The van der Waals surface area contributed by atoms with Gasteiger partial charge in [0.2, 0.25) is 0 Å². The molecule has 1 amide bonds. The Kier molecular flexibility index (Phi) is 25.4. The maximum atomic E-state index is 10.2. The number of amides is 1. The molecule has 6 heteroatoms. The summed E-state index contributed by atoms with van der Waals surface area (Å²) >= 11 is 0. The van der Waals surface area contributed by atoms with Crippen LogP contribution in [0, 0.1) is 0 Å². The van der Waals surface area contributed by atoms with Gasteiger partial charge in [-0.25, -0.2) is 15.6 Å². The molecule has 0 aliphatic rings. The van der Waals surface area contributed by atoms with Crippen molar-refractivity contribution in [2.75, 3.05) is 6.54 Å². The Hall–Kier alpha value is -0.850. The minimum absolute atomic E-state index is 0.827. The fourth-order valence-corrected chi connectivity index (χ4v) is 3.84. The van der Waals surface area contributed by atoms with Gasteiger partial charge in [-0.15, -0.1) is 0 Å². The summed E-state index contributed by atoms with van der Waals surface area (Å²) < 4.78 is 0. The van der Waals surface area contributed by atoms with Gasteiger partial charge in [-0.2, -0.15) is 11.1 Å². The summed E-state index contributed by atoms with van der Waals surface area (Å²) in [6, 6.07) is 0. The normalized spacial score (nSPS) is 11.1. The van der Waals surface area contributed by atoms with Gasteiger partial charge in [0, 0.05) is 6.54 Å². The first-order valence-electron chi connectivity index (χ1n) is 13.0. The van der Waals surface area contributed by atoms with Crippen LogP contribution < -0.4 is 21.9 Å². The van der Waals surface area contributed by atoms with Crippen molar-refractivity contribution in [3.05, 3.63) is 0 Å². The van der Waals surface area contributed by atoms with Crippen LogP contribution in [-0.2, 0) is 0 Å². The Morgan fingerprint density at radius 2 is 0.867 bits per heavy atom. The molecule has 0 heterocycles. The van der Waals surface area contributed by atoms with Crippen LogP contribution in [0.25, 0.3) is 0 Å². The number of hydrogen-bond acceptors (Lipinski definition) is 4. The summed E-state index contributed by atoms with van der Waals surface area (Å²) in [6.45, 7) is 3.11. The van der Waals surface area contributed by atoms with E-state index in [1.807, 2.05) is 5.43 Å². The number of carbonyl (C=O) groups is 1. The zero-order chi connectivity index (χ0) is 22.0. The number of carboxylic acid groups (broad SMARTS) is 1. The van der Waals surface area contributed by atoms with Crippen molar-refractivity contribution in [1.29, 1.82) is 0 Å². The second-order valence-electron chi connectivity index (χ2n) is 8.68. The molecular weight excluding hydrogens is 376 g/mol. The molecule has 0 bridgehead atoms. The van der Waals surface area contributed by atoms with E-state index in [4.69, 9.17) is 5.11 Å². The molecule has 0 unspecified atom stereocenters. The van der Waals surface area contributed by atoms with Crippen molar-refractivity contribution in [2.24, 2.45) is 0 Å². The zero-order valence-electron chi connectivity index (χ0n) is 19.9. The predicted octanol–water partition coefficient (Wildman–Crippen LogP) is 6.98. The maximum absolute atomic E-state index is 10.2. The van der Waals surface area contributed by atoms with Gasteiger partial charge in [-0.1, -0.05) is 135 Å². The van der Waals surface area contributed by atoms with E-state index in [0.717, 1.165) is 13.0 Å². The second kappa shape index (κ2) is 26.2. The average Bonchev–Trinajstić information content (AvgIpc) is 2.73. The first-order chi connectivity index (χ1) is 14.8. The fourth-order valence-electron chi connectivity index (χ4n) is 3.84. The molecule has 0 fully saturated rings. The summed E-state index contributed by atoms with van der Waals surface area (Å²) in [6.07, 6.45) is 28.2. The van der Waals surface area contributed by atoms with Crippen LogP contribution in [0.1, 0.15) is 142 Å². The van der Waals surface area contributed by atoms with E-state index in [-0.39, 0.29) is 0 Å². The van der Waals surface area contributed by atoms with Gasteiger partial charge in [-0.3, -0.25) is 0 Å². The van der Waals surface area contributed by atoms with Gasteiger partial charge in [0.05, 0.1) is 0 Å². The molecule has 0 atom stereocenters. The van der Waals surface area contributed by atoms with E-state index in [9.17, 15) is 4.79 Å². The van der Waals surface area contributed by atoms with Gasteiger partial charge in [0.1, 0.15) is 0 Å². The van der Waals surface area contributed by atoms with E-state index in [1.165, 1.54) is 128 Å². The molecule has 0 rings (SSSR count). The minimum atomic E-state index is -1.11. The van der Waals surface area contributed by atoms with Crippen LogP contribution in [0.15, 0.2) is 0 Å². The van der Waals surface area contributed by atoms with E-state index < -0.39 is 6.09 Å². The third-order valence-electron chi connectivity index (χ3n) is 5.73. The molecule has 180 valence electrons. The lowest BCUT2D eigenvalue weighted by molar-refractivity contribution is 0.183. The highest BCUT2D eigenvalue weighted by Crippen LogP contribution is 2.14. The summed E-state index contributed by atoms with van der Waals surface area (Å²) in [7, 11) is 0. The Morgan fingerprint density at radius 3 is 1.20 bits per heavy atom. The van der Waals surface area contributed by atoms with Crippen LogP contribution in [0.5, 0.6) is 0 Å². The Labute approximate surface area is 186 Å². The highest BCUT2D eigenvalue weighted by atomic mass is 16.4. The highest BCUT2D eigenvalue weighted by molar-refractivity contribution is 5.63. The average molecular weight is 429 g/mol. The second-order valence-corrected chi connectivity index (χ2v) is 8.68. The summed E-state index contributed by atoms with van der Waals surface area (Å²) in [4.78, 5) is 10.2. The molecule has 0 aliphatic carbocycles. The highest BCUT2D eigenvalue weighted by Gasteiger charge is 1.96. The number of nitrogens with one attached hydrogen (secondary N) is 4. The van der Waals surface area contributed by atoms with Crippen molar-refractivity contribution in [3.63, 3.8) is 0 Å². The molecule has 0 saturated carbocycles. The lowest BCUT2D eigenvalue weighted by atomic mass is 10.0. The van der Waals surface area contributed by atoms with Crippen LogP contribution in [0.2, 0.25) is 0 Å². The summed E-state index contributed by atoms with van der Waals surface area (Å²) in [5.74, 6) is 0. The molecule has 0 aromatic heterocycles. The molecular formula is C24H52N4O2. The Bertz CT molecular complexity index is 343. The van der Waals surface area contributed by atoms with E-state index >= 15 is 0 Å². The molecule has 6 nitrogen and oxygen atoms in total. The summed E-state index contributed by atoms with van der Waals surface area (Å²) in [5, 5.41) is 8.35. The predicted molar refractivity (Wildman–Crippen MR) is 128 cm³/mol. The molecule has 5 N–H and O–H groups in total. The molecule has 0 aromatic carbocycles. The maximum Gasteiger partial charge on any atom is 0.420 e. The summed E-state index contributed by atoms with van der Waals surface area (Å²) in [5.41, 5.74) is 9.84. The molecule has 30 heavy (non-hydrogen) atoms. The van der Waals surface area contributed by atoms with Crippen molar-refractivity contribution in [2.45, 2.75) is 142 Å². The van der Waals surface area contributed by atoms with Gasteiger partial charge >= 0.3 is 6.09 Å². The standard InChI is InChI=1S/C24H52N4O2/c1-2-3-4-5-6-7-8-9-10-11-12-13-14-15-16-17-18-19-20-21-22-23-25-27-28-26-24(29)30/h25-28H,2-23H2,1H3,(H,29,30). The smallest absolute Gasteiger partial charge is 0.420 e. The monoisotopic (exact) mass is 428 g/mol. The van der Waals surface area contributed by atoms with Crippen molar-refractivity contribution in [1.82, 2.24) is 21.9 Å². The van der Waals surface area contributed by atoms with Gasteiger partial charge in [0.25, 0.3) is 0 Å². The van der Waals surface area contributed by atoms with Crippen molar-refractivity contribution < 1.29 is 9.90 Å². The topological polar surface area (TPSA) is 85.4 Å². The molecule has 0 spiro atoms. The van der Waals surface area contributed by atoms with Gasteiger partial charge < -0.3 is 5.11 Å². The van der Waals surface area contributed by atoms with E-state index in [2.05, 4.69) is 23.4 Å². The fraction of sp³-hybridized carbons (Fsp3) is 0.958. The van der Waals surface area contributed by atoms with Gasteiger partial charge in [0.15, 0.2) is 0 Å². The van der Waals surface area contributed by atoms with Crippen LogP contribution in [-0.4, -0.2) is 17.7 Å². The molecule has 0 saturated heterocycles. The van der Waals surface area contributed by atoms with Gasteiger partial charge in [-0.05, 0) is 6.42 Å². The largest absolute Gasteiger partial charge is 0.464 e. The first kappa shape index (κ1) is 29.1. The van der Waals surface area contributed by atoms with Crippen LogP contribution >= 0.6 is 0 Å². The number of hydrazine groups is 3. The Balaban J connectivity index is 2.99. The number of rotatable bonds is 25. The minimum Gasteiger partial charge on any atom is -0.464 e. The third kappa shape index (κ3) is 27.1. The van der Waals surface area contributed by atoms with Crippen LogP contribution in [0.4, 0.5) is 4.79 Å².